The number of benzene rings is 2. The molecule has 6 heteroatoms. The Morgan fingerprint density at radius 3 is 2.59 bits per heavy atom. The predicted molar refractivity (Wildman–Crippen MR) is 110 cm³/mol. The lowest BCUT2D eigenvalue weighted by molar-refractivity contribution is -0.132. The second-order valence-electron chi connectivity index (χ2n) is 7.20. The highest BCUT2D eigenvalue weighted by molar-refractivity contribution is 9.10. The lowest BCUT2D eigenvalue weighted by atomic mass is 10.2. The number of carbonyl (C=O) groups excluding carboxylic acids is 1. The lowest BCUT2D eigenvalue weighted by Crippen LogP contribution is -2.38. The summed E-state index contributed by atoms with van der Waals surface area (Å²) in [4.78, 5) is 28.0. The molecular formula is C21H22BrN3O2. The molecule has 0 radical (unpaired) electrons. The first-order valence-electron chi connectivity index (χ1n) is 9.23. The number of para-hydroxylation sites is 1. The first-order valence-corrected chi connectivity index (χ1v) is 10.0. The summed E-state index contributed by atoms with van der Waals surface area (Å²) >= 11 is 3.44. The Bertz CT molecular complexity index is 1070. The monoisotopic (exact) mass is 427 g/mol. The van der Waals surface area contributed by atoms with Crippen molar-refractivity contribution in [1.82, 2.24) is 14.0 Å². The van der Waals surface area contributed by atoms with Crippen LogP contribution < -0.4 is 5.69 Å². The molecule has 1 aromatic heterocycles. The van der Waals surface area contributed by atoms with Gasteiger partial charge in [0, 0.05) is 17.1 Å². The van der Waals surface area contributed by atoms with E-state index < -0.39 is 0 Å². The normalized spacial score (nSPS) is 17.0. The van der Waals surface area contributed by atoms with E-state index >= 15 is 0 Å². The fraction of sp³-hybridized carbons (Fsp3) is 0.333. The van der Waals surface area contributed by atoms with E-state index in [-0.39, 0.29) is 24.2 Å². The second-order valence-corrected chi connectivity index (χ2v) is 8.12. The molecule has 0 unspecified atom stereocenters. The van der Waals surface area contributed by atoms with E-state index in [0.717, 1.165) is 46.1 Å². The summed E-state index contributed by atoms with van der Waals surface area (Å²) in [6.07, 6.45) is 2.06. The summed E-state index contributed by atoms with van der Waals surface area (Å²) in [5, 5.41) is 0. The number of hydrogen-bond acceptors (Lipinski definition) is 2. The van der Waals surface area contributed by atoms with Gasteiger partial charge in [0.2, 0.25) is 5.91 Å². The highest BCUT2D eigenvalue weighted by Gasteiger charge is 2.27. The quantitative estimate of drug-likeness (QED) is 0.636. The van der Waals surface area contributed by atoms with Crippen molar-refractivity contribution < 1.29 is 4.79 Å². The topological polar surface area (TPSA) is 47.2 Å². The molecule has 140 valence electrons. The van der Waals surface area contributed by atoms with Gasteiger partial charge in [0.1, 0.15) is 6.54 Å². The minimum Gasteiger partial charge on any atom is -0.338 e. The summed E-state index contributed by atoms with van der Waals surface area (Å²) < 4.78 is 4.27. The van der Waals surface area contributed by atoms with Crippen LogP contribution in [0.25, 0.3) is 16.7 Å². The van der Waals surface area contributed by atoms with Gasteiger partial charge in [0.15, 0.2) is 0 Å². The smallest absolute Gasteiger partial charge is 0.334 e. The number of rotatable bonds is 3. The van der Waals surface area contributed by atoms with Gasteiger partial charge in [0.05, 0.1) is 16.7 Å². The van der Waals surface area contributed by atoms with Crippen LogP contribution in [0.2, 0.25) is 0 Å². The van der Waals surface area contributed by atoms with Gasteiger partial charge in [-0.3, -0.25) is 13.9 Å². The molecule has 2 heterocycles. The van der Waals surface area contributed by atoms with Crippen molar-refractivity contribution in [2.45, 2.75) is 39.3 Å². The van der Waals surface area contributed by atoms with E-state index in [9.17, 15) is 9.59 Å². The molecule has 1 amide bonds. The van der Waals surface area contributed by atoms with Crippen molar-refractivity contribution in [2.75, 3.05) is 6.54 Å². The molecular weight excluding hydrogens is 406 g/mol. The molecule has 4 rings (SSSR count). The molecule has 0 spiro atoms. The van der Waals surface area contributed by atoms with Crippen molar-refractivity contribution in [3.8, 4) is 5.69 Å². The van der Waals surface area contributed by atoms with E-state index in [1.807, 2.05) is 54.3 Å². The number of aromatic nitrogens is 2. The van der Waals surface area contributed by atoms with Gasteiger partial charge in [-0.15, -0.1) is 0 Å². The van der Waals surface area contributed by atoms with Crippen LogP contribution in [0.4, 0.5) is 0 Å². The summed E-state index contributed by atoms with van der Waals surface area (Å²) in [6.45, 7) is 4.92. The molecule has 0 aliphatic carbocycles. The van der Waals surface area contributed by atoms with Gasteiger partial charge in [0.25, 0.3) is 0 Å². The average molecular weight is 428 g/mol. The molecule has 2 aromatic carbocycles. The highest BCUT2D eigenvalue weighted by atomic mass is 79.9. The summed E-state index contributed by atoms with van der Waals surface area (Å²) in [6, 6.07) is 13.7. The molecule has 1 aliphatic heterocycles. The van der Waals surface area contributed by atoms with E-state index in [1.165, 1.54) is 0 Å². The Labute approximate surface area is 166 Å². The lowest BCUT2D eigenvalue weighted by Gasteiger charge is -2.21. The van der Waals surface area contributed by atoms with E-state index in [0.29, 0.717) is 0 Å². The van der Waals surface area contributed by atoms with Gasteiger partial charge in [-0.1, -0.05) is 28.1 Å². The molecule has 1 fully saturated rings. The minimum absolute atomic E-state index is 0.0125. The van der Waals surface area contributed by atoms with Crippen molar-refractivity contribution in [2.24, 2.45) is 0 Å². The van der Waals surface area contributed by atoms with Crippen LogP contribution in [0.5, 0.6) is 0 Å². The van der Waals surface area contributed by atoms with Gasteiger partial charge >= 0.3 is 5.69 Å². The number of fused-ring (bicyclic) bond motifs is 1. The summed E-state index contributed by atoms with van der Waals surface area (Å²) in [7, 11) is 0. The maximum atomic E-state index is 13.3. The number of nitrogens with zero attached hydrogens (tertiary/aromatic N) is 3. The zero-order valence-electron chi connectivity index (χ0n) is 15.5. The Balaban J connectivity index is 1.85. The zero-order valence-corrected chi connectivity index (χ0v) is 17.1. The molecule has 1 atom stereocenters. The molecule has 5 nitrogen and oxygen atoms in total. The number of amides is 1. The van der Waals surface area contributed by atoms with Crippen LogP contribution in [0.1, 0.15) is 25.3 Å². The van der Waals surface area contributed by atoms with E-state index in [2.05, 4.69) is 22.9 Å². The number of likely N-dealkylation sites (tertiary alicyclic amines) is 1. The minimum atomic E-state index is -0.179. The van der Waals surface area contributed by atoms with Crippen molar-refractivity contribution in [3.05, 3.63) is 63.0 Å². The summed E-state index contributed by atoms with van der Waals surface area (Å²) in [5.74, 6) is 0.0125. The maximum Gasteiger partial charge on any atom is 0.334 e. The molecule has 0 bridgehead atoms. The second kappa shape index (κ2) is 7.00. The predicted octanol–water partition coefficient (Wildman–Crippen LogP) is 3.87. The van der Waals surface area contributed by atoms with Gasteiger partial charge in [-0.05, 0) is 62.6 Å². The Hall–Kier alpha value is -2.34. The van der Waals surface area contributed by atoms with Crippen LogP contribution in [-0.2, 0) is 11.3 Å². The van der Waals surface area contributed by atoms with Crippen LogP contribution in [0.15, 0.2) is 51.7 Å². The number of halogens is 1. The molecule has 0 saturated carbocycles. The zero-order chi connectivity index (χ0) is 19.1. The van der Waals surface area contributed by atoms with Crippen LogP contribution in [-0.4, -0.2) is 32.5 Å². The SMILES string of the molecule is Cc1cccc2c1n(-c1ccc(Br)cc1)c(=O)n2CC(=O)N1CCC[C@H]1C. The third-order valence-electron chi connectivity index (χ3n) is 5.40. The standard InChI is InChI=1S/C21H22BrN3O2/c1-14-5-3-7-18-20(14)25(17-10-8-16(22)9-11-17)21(27)24(18)13-19(26)23-12-4-6-15(23)2/h3,5,7-11,15H,4,6,12-13H2,1-2H3/t15-/m1/s1. The number of imidazole rings is 1. The third-order valence-corrected chi connectivity index (χ3v) is 5.93. The van der Waals surface area contributed by atoms with Crippen molar-refractivity contribution in [3.63, 3.8) is 0 Å². The summed E-state index contributed by atoms with van der Waals surface area (Å²) in [5.41, 5.74) is 3.27. The first kappa shape index (κ1) is 18.0. The van der Waals surface area contributed by atoms with Crippen molar-refractivity contribution in [1.29, 1.82) is 0 Å². The molecule has 27 heavy (non-hydrogen) atoms. The Kier molecular flexibility index (Phi) is 4.68. The van der Waals surface area contributed by atoms with Gasteiger partial charge in [-0.25, -0.2) is 4.79 Å². The van der Waals surface area contributed by atoms with Gasteiger partial charge in [-0.2, -0.15) is 0 Å². The highest BCUT2D eigenvalue weighted by Crippen LogP contribution is 2.23. The fourth-order valence-electron chi connectivity index (χ4n) is 3.98. The Morgan fingerprint density at radius 2 is 1.93 bits per heavy atom. The third kappa shape index (κ3) is 3.12. The molecule has 3 aromatic rings. The average Bonchev–Trinajstić information content (AvgIpc) is 3.19. The number of hydrogen-bond donors (Lipinski definition) is 0. The van der Waals surface area contributed by atoms with Gasteiger partial charge < -0.3 is 4.90 Å². The van der Waals surface area contributed by atoms with E-state index in [4.69, 9.17) is 0 Å². The molecule has 0 N–H and O–H groups in total. The maximum absolute atomic E-state index is 13.3. The largest absolute Gasteiger partial charge is 0.338 e. The van der Waals surface area contributed by atoms with Crippen LogP contribution >= 0.6 is 15.9 Å². The fourth-order valence-corrected chi connectivity index (χ4v) is 4.25. The number of carbonyl (C=O) groups is 1. The molecule has 1 saturated heterocycles. The first-order chi connectivity index (χ1) is 13.0. The number of aryl methyl sites for hydroxylation is 1. The van der Waals surface area contributed by atoms with Crippen LogP contribution in [0.3, 0.4) is 0 Å². The Morgan fingerprint density at radius 1 is 1.19 bits per heavy atom. The van der Waals surface area contributed by atoms with Crippen molar-refractivity contribution >= 4 is 32.9 Å². The molecule has 1 aliphatic rings. The van der Waals surface area contributed by atoms with Crippen LogP contribution in [0, 0.1) is 6.92 Å². The van der Waals surface area contributed by atoms with E-state index in [1.54, 1.807) is 9.13 Å².